The van der Waals surface area contributed by atoms with Crippen molar-refractivity contribution in [2.24, 2.45) is 5.73 Å². The Morgan fingerprint density at radius 1 is 0.947 bits per heavy atom. The third-order valence-corrected chi connectivity index (χ3v) is 6.35. The van der Waals surface area contributed by atoms with E-state index >= 15 is 0 Å². The Morgan fingerprint density at radius 3 is 2.39 bits per heavy atom. The molecule has 3 aromatic carbocycles. The van der Waals surface area contributed by atoms with Gasteiger partial charge in [0.15, 0.2) is 5.75 Å². The molecule has 4 aromatic rings. The maximum Gasteiger partial charge on any atom is 0.320 e. The molecule has 196 valence electrons. The molecule has 1 heterocycles. The first-order valence-electron chi connectivity index (χ1n) is 11.7. The van der Waals surface area contributed by atoms with Crippen LogP contribution in [0.5, 0.6) is 17.2 Å². The highest BCUT2D eigenvalue weighted by atomic mass is 35.5. The van der Waals surface area contributed by atoms with Gasteiger partial charge >= 0.3 is 5.97 Å². The highest BCUT2D eigenvalue weighted by Gasteiger charge is 2.17. The number of methoxy groups -OCH3 is 1. The molecule has 0 saturated heterocycles. The zero-order valence-corrected chi connectivity index (χ0v) is 22.1. The second kappa shape index (κ2) is 12.6. The van der Waals surface area contributed by atoms with Crippen LogP contribution in [0.15, 0.2) is 79.1 Å². The van der Waals surface area contributed by atoms with Gasteiger partial charge in [-0.1, -0.05) is 47.5 Å². The maximum atomic E-state index is 11.1. The molecule has 1 atom stereocenters. The fraction of sp³-hybridized carbons (Fsp3) is 0.172. The van der Waals surface area contributed by atoms with Crippen molar-refractivity contribution < 1.29 is 24.1 Å². The van der Waals surface area contributed by atoms with Crippen LogP contribution < -0.4 is 19.9 Å². The first-order valence-corrected chi connectivity index (χ1v) is 12.5. The number of halogens is 2. The molecule has 1 aromatic heterocycles. The van der Waals surface area contributed by atoms with Crippen molar-refractivity contribution in [2.45, 2.75) is 25.7 Å². The Labute approximate surface area is 230 Å². The van der Waals surface area contributed by atoms with Gasteiger partial charge in [0, 0.05) is 18.0 Å². The zero-order valence-electron chi connectivity index (χ0n) is 20.6. The number of hydrogen-bond donors (Lipinski definition) is 2. The largest absolute Gasteiger partial charge is 0.497 e. The van der Waals surface area contributed by atoms with Crippen LogP contribution in [0.2, 0.25) is 10.0 Å². The molecule has 0 saturated carbocycles. The number of ether oxygens (including phenoxy) is 3. The number of aliphatic carboxylic acids is 1. The number of aromatic nitrogens is 1. The number of carbonyl (C=O) groups is 1. The molecule has 0 radical (unpaired) electrons. The molecule has 0 bridgehead atoms. The Kier molecular flexibility index (Phi) is 9.07. The Morgan fingerprint density at radius 2 is 1.71 bits per heavy atom. The molecule has 4 rings (SSSR count). The van der Waals surface area contributed by atoms with Crippen LogP contribution in [-0.2, 0) is 24.4 Å². The third-order valence-electron chi connectivity index (χ3n) is 5.79. The van der Waals surface area contributed by atoms with Crippen molar-refractivity contribution in [3.05, 3.63) is 106 Å². The van der Waals surface area contributed by atoms with Crippen molar-refractivity contribution in [3.63, 3.8) is 0 Å². The summed E-state index contributed by atoms with van der Waals surface area (Å²) < 4.78 is 17.5. The van der Waals surface area contributed by atoms with E-state index in [9.17, 15) is 4.79 Å². The SMILES string of the molecule is COc1ccc(OCc2cccc(-c3cccnc3)c2)c(COc2c(Cl)cc(C[C@H](N)C(=O)O)cc2Cl)c1. The van der Waals surface area contributed by atoms with Gasteiger partial charge in [0.05, 0.1) is 17.2 Å². The van der Waals surface area contributed by atoms with Crippen LogP contribution >= 0.6 is 23.2 Å². The first-order chi connectivity index (χ1) is 18.3. The van der Waals surface area contributed by atoms with Crippen LogP contribution in [0.4, 0.5) is 0 Å². The van der Waals surface area contributed by atoms with Crippen LogP contribution in [0.3, 0.4) is 0 Å². The molecule has 0 aliphatic carbocycles. The van der Waals surface area contributed by atoms with Gasteiger partial charge in [-0.25, -0.2) is 0 Å². The maximum absolute atomic E-state index is 11.1. The number of rotatable bonds is 11. The smallest absolute Gasteiger partial charge is 0.320 e. The highest BCUT2D eigenvalue weighted by Crippen LogP contribution is 2.36. The molecule has 0 aliphatic rings. The molecule has 0 amide bonds. The summed E-state index contributed by atoms with van der Waals surface area (Å²) in [5.74, 6) is 0.435. The molecular weight excluding hydrogens is 527 g/mol. The van der Waals surface area contributed by atoms with Gasteiger partial charge in [0.25, 0.3) is 0 Å². The van der Waals surface area contributed by atoms with Gasteiger partial charge in [-0.3, -0.25) is 9.78 Å². The second-order valence-electron chi connectivity index (χ2n) is 8.53. The highest BCUT2D eigenvalue weighted by molar-refractivity contribution is 6.37. The molecule has 0 aliphatic heterocycles. The lowest BCUT2D eigenvalue weighted by molar-refractivity contribution is -0.138. The quantitative estimate of drug-likeness (QED) is 0.229. The van der Waals surface area contributed by atoms with E-state index in [0.717, 1.165) is 22.3 Å². The van der Waals surface area contributed by atoms with Crippen molar-refractivity contribution in [3.8, 4) is 28.4 Å². The van der Waals surface area contributed by atoms with Crippen LogP contribution in [0, 0.1) is 0 Å². The van der Waals surface area contributed by atoms with Gasteiger partial charge in [-0.15, -0.1) is 0 Å². The third kappa shape index (κ3) is 6.95. The summed E-state index contributed by atoms with van der Waals surface area (Å²) in [7, 11) is 1.58. The predicted molar refractivity (Wildman–Crippen MR) is 147 cm³/mol. The van der Waals surface area contributed by atoms with E-state index in [2.05, 4.69) is 11.1 Å². The minimum Gasteiger partial charge on any atom is -0.497 e. The zero-order chi connectivity index (χ0) is 27.1. The number of nitrogens with two attached hydrogens (primary N) is 1. The van der Waals surface area contributed by atoms with E-state index in [0.29, 0.717) is 23.7 Å². The van der Waals surface area contributed by atoms with Gasteiger partial charge in [-0.2, -0.15) is 0 Å². The predicted octanol–water partition coefficient (Wildman–Crippen LogP) is 6.18. The van der Waals surface area contributed by atoms with Crippen molar-refractivity contribution in [1.82, 2.24) is 4.98 Å². The van der Waals surface area contributed by atoms with E-state index in [-0.39, 0.29) is 28.8 Å². The van der Waals surface area contributed by atoms with Gasteiger partial charge in [0.2, 0.25) is 0 Å². The minimum atomic E-state index is -1.10. The monoisotopic (exact) mass is 552 g/mol. The summed E-state index contributed by atoms with van der Waals surface area (Å²) in [6, 6.07) is 19.6. The Bertz CT molecular complexity index is 1390. The number of hydrogen-bond acceptors (Lipinski definition) is 6. The summed E-state index contributed by atoms with van der Waals surface area (Å²) in [4.78, 5) is 15.3. The van der Waals surface area contributed by atoms with Crippen LogP contribution in [0.25, 0.3) is 11.1 Å². The average Bonchev–Trinajstić information content (AvgIpc) is 2.92. The average molecular weight is 553 g/mol. The summed E-state index contributed by atoms with van der Waals surface area (Å²) >= 11 is 12.8. The molecular formula is C29H26Cl2N2O5. The van der Waals surface area contributed by atoms with E-state index in [4.69, 9.17) is 48.3 Å². The molecule has 0 unspecified atom stereocenters. The van der Waals surface area contributed by atoms with Crippen molar-refractivity contribution >= 4 is 29.2 Å². The number of carboxylic acid groups (broad SMARTS) is 1. The topological polar surface area (TPSA) is 104 Å². The van der Waals surface area contributed by atoms with Gasteiger partial charge in [0.1, 0.15) is 30.8 Å². The van der Waals surface area contributed by atoms with E-state index in [1.54, 1.807) is 25.4 Å². The summed E-state index contributed by atoms with van der Waals surface area (Å²) in [6.45, 7) is 0.448. The molecule has 7 nitrogen and oxygen atoms in total. The summed E-state index contributed by atoms with van der Waals surface area (Å²) in [5, 5.41) is 9.56. The number of nitrogens with zero attached hydrogens (tertiary/aromatic N) is 1. The fourth-order valence-corrected chi connectivity index (χ4v) is 4.47. The molecule has 3 N–H and O–H groups in total. The summed E-state index contributed by atoms with van der Waals surface area (Å²) in [5.41, 5.74) is 10.0. The first kappa shape index (κ1) is 27.3. The lowest BCUT2D eigenvalue weighted by Crippen LogP contribution is -2.32. The standard InChI is InChI=1S/C29H26Cl2N2O5/c1-36-23-7-8-27(37-16-18-4-2-5-20(10-18)21-6-3-9-33-15-21)22(14-23)17-38-28-24(30)11-19(12-25(28)31)13-26(32)29(34)35/h2-12,14-15,26H,13,16-17,32H2,1H3,(H,34,35)/t26-/m0/s1. The fourth-order valence-electron chi connectivity index (χ4n) is 3.83. The Hall–Kier alpha value is -3.78. The van der Waals surface area contributed by atoms with Crippen LogP contribution in [-0.4, -0.2) is 29.2 Å². The lowest BCUT2D eigenvalue weighted by Gasteiger charge is -2.16. The van der Waals surface area contributed by atoms with E-state index in [1.807, 2.05) is 54.7 Å². The number of benzene rings is 3. The molecule has 0 spiro atoms. The number of pyridine rings is 1. The number of carboxylic acids is 1. The Balaban J connectivity index is 1.49. The van der Waals surface area contributed by atoms with E-state index in [1.165, 1.54) is 0 Å². The second-order valence-corrected chi connectivity index (χ2v) is 9.34. The van der Waals surface area contributed by atoms with E-state index < -0.39 is 12.0 Å². The molecule has 0 fully saturated rings. The summed E-state index contributed by atoms with van der Waals surface area (Å²) in [6.07, 6.45) is 3.65. The van der Waals surface area contributed by atoms with Crippen LogP contribution in [0.1, 0.15) is 16.7 Å². The lowest BCUT2D eigenvalue weighted by atomic mass is 10.1. The van der Waals surface area contributed by atoms with Crippen molar-refractivity contribution in [1.29, 1.82) is 0 Å². The van der Waals surface area contributed by atoms with Crippen molar-refractivity contribution in [2.75, 3.05) is 7.11 Å². The van der Waals surface area contributed by atoms with Gasteiger partial charge in [-0.05, 0) is 71.1 Å². The van der Waals surface area contributed by atoms with Gasteiger partial charge < -0.3 is 25.1 Å². The molecule has 38 heavy (non-hydrogen) atoms. The normalized spacial score (nSPS) is 11.6. The molecule has 9 heteroatoms. The minimum absolute atomic E-state index is 0.0882.